The first-order valence-electron chi connectivity index (χ1n) is 5.03. The maximum absolute atomic E-state index is 13.7. The van der Waals surface area contributed by atoms with E-state index in [1.165, 1.54) is 18.2 Å². The Labute approximate surface area is 124 Å². The largest absolute Gasteiger partial charge is 0.207 e. The third-order valence-corrected chi connectivity index (χ3v) is 3.75. The molecule has 2 aromatic rings. The van der Waals surface area contributed by atoms with E-state index in [9.17, 15) is 4.39 Å². The van der Waals surface area contributed by atoms with E-state index in [2.05, 4.69) is 0 Å². The van der Waals surface area contributed by atoms with Crippen molar-refractivity contribution in [2.24, 2.45) is 0 Å². The molecule has 0 amide bonds. The lowest BCUT2D eigenvalue weighted by molar-refractivity contribution is 0.612. The van der Waals surface area contributed by atoms with E-state index in [-0.39, 0.29) is 5.56 Å². The lowest BCUT2D eigenvalue weighted by Gasteiger charge is -2.13. The lowest BCUT2D eigenvalue weighted by Crippen LogP contribution is -1.98. The molecule has 2 aromatic carbocycles. The van der Waals surface area contributed by atoms with E-state index < -0.39 is 11.2 Å². The second-order valence-corrected chi connectivity index (χ2v) is 5.41. The smallest absolute Gasteiger partial charge is 0.128 e. The van der Waals surface area contributed by atoms with Crippen molar-refractivity contribution in [1.82, 2.24) is 0 Å². The van der Waals surface area contributed by atoms with Crippen LogP contribution in [0, 0.1) is 5.82 Å². The number of rotatable bonds is 2. The van der Waals surface area contributed by atoms with Crippen molar-refractivity contribution >= 4 is 46.4 Å². The fourth-order valence-corrected chi connectivity index (χ4v) is 2.58. The molecule has 0 aliphatic rings. The predicted molar refractivity (Wildman–Crippen MR) is 75.6 cm³/mol. The van der Waals surface area contributed by atoms with Crippen LogP contribution in [-0.4, -0.2) is 0 Å². The molecule has 1 atom stereocenters. The molecule has 1 unspecified atom stereocenters. The maximum Gasteiger partial charge on any atom is 0.128 e. The van der Waals surface area contributed by atoms with Crippen LogP contribution < -0.4 is 0 Å². The van der Waals surface area contributed by atoms with Gasteiger partial charge in [0.05, 0.1) is 5.38 Å². The maximum atomic E-state index is 13.7. The molecular formula is C13H7Cl4F. The average Bonchev–Trinajstić information content (AvgIpc) is 2.34. The van der Waals surface area contributed by atoms with Gasteiger partial charge in [0, 0.05) is 20.6 Å². The zero-order valence-electron chi connectivity index (χ0n) is 8.93. The van der Waals surface area contributed by atoms with Crippen LogP contribution in [-0.2, 0) is 0 Å². The van der Waals surface area contributed by atoms with Crippen molar-refractivity contribution in [2.75, 3.05) is 0 Å². The highest BCUT2D eigenvalue weighted by atomic mass is 35.5. The van der Waals surface area contributed by atoms with Crippen LogP contribution in [0.25, 0.3) is 0 Å². The number of halogens is 5. The molecule has 0 saturated carbocycles. The van der Waals surface area contributed by atoms with Gasteiger partial charge in [0.1, 0.15) is 5.82 Å². The first-order valence-corrected chi connectivity index (χ1v) is 6.60. The molecule has 0 bridgehead atoms. The molecule has 0 aliphatic carbocycles. The van der Waals surface area contributed by atoms with Crippen LogP contribution in [0.2, 0.25) is 15.1 Å². The first-order chi connectivity index (χ1) is 8.49. The van der Waals surface area contributed by atoms with E-state index in [0.717, 1.165) is 0 Å². The minimum Gasteiger partial charge on any atom is -0.207 e. The van der Waals surface area contributed by atoms with Crippen LogP contribution >= 0.6 is 46.4 Å². The van der Waals surface area contributed by atoms with Gasteiger partial charge in [-0.05, 0) is 42.0 Å². The van der Waals surface area contributed by atoms with Gasteiger partial charge >= 0.3 is 0 Å². The second kappa shape index (κ2) is 5.66. The lowest BCUT2D eigenvalue weighted by atomic mass is 10.0. The summed E-state index contributed by atoms with van der Waals surface area (Å²) in [5.74, 6) is -0.435. The normalized spacial score (nSPS) is 12.5. The van der Waals surface area contributed by atoms with Gasteiger partial charge in [-0.1, -0.05) is 34.8 Å². The van der Waals surface area contributed by atoms with Crippen molar-refractivity contribution in [3.8, 4) is 0 Å². The molecule has 0 aliphatic heterocycles. The third kappa shape index (κ3) is 2.92. The van der Waals surface area contributed by atoms with Gasteiger partial charge < -0.3 is 0 Å². The monoisotopic (exact) mass is 322 g/mol. The molecule has 0 aromatic heterocycles. The molecule has 0 saturated heterocycles. The molecule has 0 radical (unpaired) electrons. The predicted octanol–water partition coefficient (Wildman–Crippen LogP) is 6.11. The minimum atomic E-state index is -0.741. The van der Waals surface area contributed by atoms with Crippen LogP contribution in [0.4, 0.5) is 4.39 Å². The molecule has 2 rings (SSSR count). The second-order valence-electron chi connectivity index (χ2n) is 3.69. The number of hydrogen-bond donors (Lipinski definition) is 0. The quantitative estimate of drug-likeness (QED) is 0.584. The molecule has 18 heavy (non-hydrogen) atoms. The molecule has 94 valence electrons. The Balaban J connectivity index is 2.50. The van der Waals surface area contributed by atoms with Crippen molar-refractivity contribution in [2.45, 2.75) is 5.38 Å². The fraction of sp³-hybridized carbons (Fsp3) is 0.0769. The summed E-state index contributed by atoms with van der Waals surface area (Å²) >= 11 is 24.0. The van der Waals surface area contributed by atoms with Crippen molar-refractivity contribution in [3.63, 3.8) is 0 Å². The summed E-state index contributed by atoms with van der Waals surface area (Å²) in [6, 6.07) is 9.09. The molecule has 5 heteroatoms. The van der Waals surface area contributed by atoms with Gasteiger partial charge in [-0.15, -0.1) is 11.6 Å². The van der Waals surface area contributed by atoms with Gasteiger partial charge in [-0.3, -0.25) is 0 Å². The molecule has 0 spiro atoms. The molecule has 0 heterocycles. The summed E-state index contributed by atoms with van der Waals surface area (Å²) in [6.45, 7) is 0. The Morgan fingerprint density at radius 2 is 1.39 bits per heavy atom. The van der Waals surface area contributed by atoms with E-state index in [1.54, 1.807) is 18.2 Å². The minimum absolute atomic E-state index is 0.272. The van der Waals surface area contributed by atoms with Crippen LogP contribution in [0.1, 0.15) is 16.5 Å². The number of hydrogen-bond acceptors (Lipinski definition) is 0. The molecule has 0 N–H and O–H groups in total. The van der Waals surface area contributed by atoms with E-state index >= 15 is 0 Å². The topological polar surface area (TPSA) is 0 Å². The van der Waals surface area contributed by atoms with E-state index in [1.807, 2.05) is 0 Å². The van der Waals surface area contributed by atoms with Gasteiger partial charge in [0.2, 0.25) is 0 Å². The third-order valence-electron chi connectivity index (χ3n) is 2.46. The molecule has 0 fully saturated rings. The Bertz CT molecular complexity index is 532. The van der Waals surface area contributed by atoms with Crippen LogP contribution in [0.15, 0.2) is 36.4 Å². The van der Waals surface area contributed by atoms with Crippen molar-refractivity contribution in [3.05, 3.63) is 68.4 Å². The zero-order chi connectivity index (χ0) is 13.3. The van der Waals surface area contributed by atoms with Crippen molar-refractivity contribution < 1.29 is 4.39 Å². The summed E-state index contributed by atoms with van der Waals surface area (Å²) < 4.78 is 13.7. The number of benzene rings is 2. The Kier molecular flexibility index (Phi) is 4.39. The van der Waals surface area contributed by atoms with Gasteiger partial charge in [0.15, 0.2) is 0 Å². The average molecular weight is 324 g/mol. The number of alkyl halides is 1. The molecule has 0 nitrogen and oxygen atoms in total. The Morgan fingerprint density at radius 3 is 2.06 bits per heavy atom. The summed E-state index contributed by atoms with van der Waals surface area (Å²) in [6.07, 6.45) is 0. The highest BCUT2D eigenvalue weighted by Gasteiger charge is 2.18. The van der Waals surface area contributed by atoms with Gasteiger partial charge in [-0.25, -0.2) is 4.39 Å². The van der Waals surface area contributed by atoms with Gasteiger partial charge in [-0.2, -0.15) is 0 Å². The van der Waals surface area contributed by atoms with Gasteiger partial charge in [0.25, 0.3) is 0 Å². The summed E-state index contributed by atoms with van der Waals surface area (Å²) in [5.41, 5.74) is 0.820. The summed E-state index contributed by atoms with van der Waals surface area (Å²) in [5, 5.41) is 0.589. The highest BCUT2D eigenvalue weighted by Crippen LogP contribution is 2.37. The highest BCUT2D eigenvalue weighted by molar-refractivity contribution is 6.35. The zero-order valence-corrected chi connectivity index (χ0v) is 12.0. The Morgan fingerprint density at radius 1 is 0.833 bits per heavy atom. The fourth-order valence-electron chi connectivity index (χ4n) is 1.59. The van der Waals surface area contributed by atoms with E-state index in [0.29, 0.717) is 20.6 Å². The molecular weight excluding hydrogens is 317 g/mol. The summed E-state index contributed by atoms with van der Waals surface area (Å²) in [4.78, 5) is 0. The first kappa shape index (κ1) is 14.0. The van der Waals surface area contributed by atoms with Crippen LogP contribution in [0.3, 0.4) is 0 Å². The van der Waals surface area contributed by atoms with Crippen molar-refractivity contribution in [1.29, 1.82) is 0 Å². The standard InChI is InChI=1S/C13H7Cl4F/c14-7-1-3-11(16)9(5-7)13(17)10-6-8(15)2-4-12(10)18/h1-6,13H. The Hall–Kier alpha value is -0.470. The van der Waals surface area contributed by atoms with Crippen LogP contribution in [0.5, 0.6) is 0 Å². The SMILES string of the molecule is Fc1ccc(Cl)cc1C(Cl)c1cc(Cl)ccc1Cl. The summed E-state index contributed by atoms with van der Waals surface area (Å²) in [7, 11) is 0. The van der Waals surface area contributed by atoms with E-state index in [4.69, 9.17) is 46.4 Å².